The number of halogens is 2. The van der Waals surface area contributed by atoms with Crippen LogP contribution in [-0.4, -0.2) is 6.94 Å². The van der Waals surface area contributed by atoms with Gasteiger partial charge in [0, 0.05) is 0 Å². The van der Waals surface area contributed by atoms with Crippen molar-refractivity contribution >= 4 is 53.3 Å². The predicted molar refractivity (Wildman–Crippen MR) is 223 cm³/mol. The topological polar surface area (TPSA) is 0 Å². The normalized spacial score (nSPS) is 20.3. The third kappa shape index (κ3) is 5.95. The molecule has 0 spiro atoms. The van der Waals surface area contributed by atoms with Crippen LogP contribution in [0.2, 0.25) is 9.36 Å². The second-order valence-electron chi connectivity index (χ2n) is 15.1. The van der Waals surface area contributed by atoms with E-state index >= 15 is 0 Å². The van der Waals surface area contributed by atoms with Gasteiger partial charge in [-0.2, -0.15) is 0 Å². The summed E-state index contributed by atoms with van der Waals surface area (Å²) in [4.78, 5) is 0. The van der Waals surface area contributed by atoms with Gasteiger partial charge in [-0.25, -0.2) is 0 Å². The van der Waals surface area contributed by atoms with E-state index in [0.29, 0.717) is 11.8 Å². The molecule has 4 aliphatic rings. The Morgan fingerprint density at radius 3 is 1.40 bits per heavy atom. The molecule has 4 aliphatic carbocycles. The Balaban J connectivity index is 0.00000216. The first-order chi connectivity index (χ1) is 23.3. The standard InChI is InChI=1S/2C22H19.2CH3.2ClH.Hf.H2Si/c2*1-2-16-14-18-9-4-6-12-21(22(18)15-16)20-13-7-10-17-8-3-5-11-19(17)20;;;;;;/h2*3-11,13,15,21H,2,12H2,1H3;2*1H3;2*1H;;1H2. The molecule has 0 fully saturated rings. The molecule has 0 aromatic heterocycles. The van der Waals surface area contributed by atoms with E-state index in [1.807, 2.05) is 0 Å². The molecule has 0 nitrogen and oxygen atoms in total. The summed E-state index contributed by atoms with van der Waals surface area (Å²) in [6.45, 7) is 7.20. The van der Waals surface area contributed by atoms with E-state index in [1.165, 1.54) is 55.0 Å². The third-order valence-corrected chi connectivity index (χ3v) is 33.1. The van der Waals surface area contributed by atoms with Crippen molar-refractivity contribution in [3.8, 4) is 0 Å². The summed E-state index contributed by atoms with van der Waals surface area (Å²) in [5.41, 5.74) is 12.2. The van der Waals surface area contributed by atoms with Crippen LogP contribution in [0.15, 0.2) is 174 Å². The van der Waals surface area contributed by atoms with Crippen LogP contribution in [0.3, 0.4) is 0 Å². The minimum Gasteiger partial charge on any atom is -0.147 e. The Bertz CT molecular complexity index is 2180. The smallest absolute Gasteiger partial charge is 0.147 e. The zero-order valence-electron chi connectivity index (χ0n) is 29.7. The Hall–Kier alpha value is -3.01. The van der Waals surface area contributed by atoms with Gasteiger partial charge in [-0.3, -0.25) is 0 Å². The maximum Gasteiger partial charge on any atom is -0.147 e. The van der Waals surface area contributed by atoms with E-state index < -0.39 is 17.1 Å². The van der Waals surface area contributed by atoms with Crippen LogP contribution in [0.4, 0.5) is 0 Å². The molecule has 0 aliphatic heterocycles. The molecule has 8 rings (SSSR count). The summed E-state index contributed by atoms with van der Waals surface area (Å²) in [7, 11) is 0. The fourth-order valence-corrected chi connectivity index (χ4v) is 34.3. The van der Waals surface area contributed by atoms with Crippen molar-refractivity contribution in [2.75, 3.05) is 0 Å². The molecule has 0 saturated heterocycles. The molecule has 0 bridgehead atoms. The summed E-state index contributed by atoms with van der Waals surface area (Å²) in [5, 5.41) is 5.45. The van der Waals surface area contributed by atoms with E-state index in [9.17, 15) is 0 Å². The van der Waals surface area contributed by atoms with Crippen molar-refractivity contribution in [1.29, 1.82) is 0 Å². The van der Waals surface area contributed by atoms with Crippen molar-refractivity contribution in [2.45, 2.75) is 60.7 Å². The predicted octanol–water partition coefficient (Wildman–Crippen LogP) is 13.0. The van der Waals surface area contributed by atoms with Crippen molar-refractivity contribution in [2.24, 2.45) is 0 Å². The second kappa shape index (κ2) is 14.2. The van der Waals surface area contributed by atoms with Crippen LogP contribution in [0.25, 0.3) is 21.5 Å². The fraction of sp³-hybridized carbons (Fsp3) is 0.217. The van der Waals surface area contributed by atoms with Gasteiger partial charge < -0.3 is 0 Å². The van der Waals surface area contributed by atoms with Crippen LogP contribution in [0.1, 0.15) is 62.5 Å². The van der Waals surface area contributed by atoms with Crippen molar-refractivity contribution in [3.05, 3.63) is 185 Å². The van der Waals surface area contributed by atoms with E-state index in [2.05, 4.69) is 164 Å². The molecule has 2 atom stereocenters. The van der Waals surface area contributed by atoms with Crippen LogP contribution < -0.4 is 0 Å². The molecule has 0 amide bonds. The number of rotatable bonds is 6. The molecule has 0 heterocycles. The van der Waals surface area contributed by atoms with Crippen molar-refractivity contribution < 1.29 is 17.1 Å². The molecular formula is C46H48Cl2HfSi. The van der Waals surface area contributed by atoms with Gasteiger partial charge in [-0.1, -0.05) is 0 Å². The first-order valence-corrected chi connectivity index (χ1v) is 37.1. The van der Waals surface area contributed by atoms with Crippen LogP contribution in [0.5, 0.6) is 0 Å². The van der Waals surface area contributed by atoms with Gasteiger partial charge in [0.05, 0.1) is 0 Å². The number of allylic oxidation sites excluding steroid dienone is 16. The van der Waals surface area contributed by atoms with E-state index in [-0.39, 0.29) is 24.8 Å². The SMILES string of the molecule is CCC1=[C]([Hf]([CH3])([CH3])(=[SiH2])[C]2=C(CC)C=C3C2=CC=CCC3c2cccc3ccccc23)C2=CC=CCC(c3cccc4ccccc34)C2=C1.Cl.Cl. The summed E-state index contributed by atoms with van der Waals surface area (Å²) < 4.78 is 8.96. The molecule has 0 saturated carbocycles. The molecule has 254 valence electrons. The minimum absolute atomic E-state index is 0. The Morgan fingerprint density at radius 1 is 0.580 bits per heavy atom. The van der Waals surface area contributed by atoms with Gasteiger partial charge in [0.2, 0.25) is 0 Å². The van der Waals surface area contributed by atoms with Crippen LogP contribution in [-0.2, 0) is 17.1 Å². The van der Waals surface area contributed by atoms with Gasteiger partial charge >= 0.3 is 291 Å². The molecule has 0 N–H and O–H groups in total. The summed E-state index contributed by atoms with van der Waals surface area (Å²) >= 11 is -4.05. The van der Waals surface area contributed by atoms with Gasteiger partial charge in [0.15, 0.2) is 0 Å². The second-order valence-corrected chi connectivity index (χ2v) is 55.4. The van der Waals surface area contributed by atoms with Crippen molar-refractivity contribution in [1.82, 2.24) is 0 Å². The summed E-state index contributed by atoms with van der Waals surface area (Å²) in [5.74, 6) is 0.701. The Morgan fingerprint density at radius 2 is 0.980 bits per heavy atom. The summed E-state index contributed by atoms with van der Waals surface area (Å²) in [6.07, 6.45) is 24.0. The Kier molecular flexibility index (Phi) is 10.4. The maximum absolute atomic E-state index is 4.05. The molecule has 4 heteroatoms. The van der Waals surface area contributed by atoms with Crippen LogP contribution >= 0.6 is 24.8 Å². The van der Waals surface area contributed by atoms with E-state index in [0.717, 1.165) is 25.7 Å². The van der Waals surface area contributed by atoms with E-state index in [1.54, 1.807) is 17.8 Å². The van der Waals surface area contributed by atoms with Gasteiger partial charge in [-0.05, 0) is 0 Å². The van der Waals surface area contributed by atoms with Gasteiger partial charge in [-0.15, -0.1) is 24.8 Å². The summed E-state index contributed by atoms with van der Waals surface area (Å²) in [6, 6.07) is 31.7. The van der Waals surface area contributed by atoms with Crippen molar-refractivity contribution in [3.63, 3.8) is 0 Å². The molecule has 4 aromatic rings. The average molecular weight is 878 g/mol. The number of hydrogen-bond donors (Lipinski definition) is 0. The van der Waals surface area contributed by atoms with Crippen LogP contribution in [0, 0.1) is 0 Å². The quantitative estimate of drug-likeness (QED) is 0.169. The zero-order chi connectivity index (χ0) is 33.1. The van der Waals surface area contributed by atoms with Gasteiger partial charge in [0.25, 0.3) is 0 Å². The maximum atomic E-state index is 2.75. The first kappa shape index (κ1) is 36.8. The number of benzene rings is 4. The molecular weight excluding hydrogens is 830 g/mol. The largest absolute Gasteiger partial charge is 0.147 e. The molecule has 0 radical (unpaired) electrons. The Labute approximate surface area is 313 Å². The first-order valence-electron chi connectivity index (χ1n) is 18.0. The van der Waals surface area contributed by atoms with Gasteiger partial charge in [0.1, 0.15) is 0 Å². The van der Waals surface area contributed by atoms with E-state index in [4.69, 9.17) is 0 Å². The number of fused-ring (bicyclic) bond motifs is 4. The molecule has 4 aromatic carbocycles. The zero-order valence-corrected chi connectivity index (χ0v) is 36.3. The minimum atomic E-state index is -4.05. The fourth-order valence-electron chi connectivity index (χ4n) is 9.53. The monoisotopic (exact) mass is 878 g/mol. The number of hydrogen-bond acceptors (Lipinski definition) is 0. The molecule has 2 unspecified atom stereocenters. The third-order valence-electron chi connectivity index (χ3n) is 11.5. The molecule has 50 heavy (non-hydrogen) atoms. The average Bonchev–Trinajstić information content (AvgIpc) is 3.53.